The minimum Gasteiger partial charge on any atom is -0.331 e. The first-order valence-corrected chi connectivity index (χ1v) is 10.6. The summed E-state index contributed by atoms with van der Waals surface area (Å²) in [7, 11) is 0. The van der Waals surface area contributed by atoms with Crippen LogP contribution in [-0.2, 0) is 6.54 Å². The number of benzene rings is 1. The minimum absolute atomic E-state index is 0.117. The summed E-state index contributed by atoms with van der Waals surface area (Å²) < 4.78 is 1.17. The predicted octanol–water partition coefficient (Wildman–Crippen LogP) is 5.22. The Kier molecular flexibility index (Phi) is 4.22. The number of pyridine rings is 1. The second kappa shape index (κ2) is 6.87. The van der Waals surface area contributed by atoms with E-state index in [1.807, 2.05) is 47.4 Å². The lowest BCUT2D eigenvalue weighted by Gasteiger charge is -2.21. The lowest BCUT2D eigenvalue weighted by Crippen LogP contribution is -2.32. The Morgan fingerprint density at radius 2 is 1.85 bits per heavy atom. The highest BCUT2D eigenvalue weighted by Gasteiger charge is 2.33. The normalized spacial score (nSPS) is 13.8. The van der Waals surface area contributed by atoms with Crippen LogP contribution in [0.1, 0.15) is 28.1 Å². The number of fused-ring (bicyclic) bond motifs is 1. The number of carbonyl (C=O) groups is 1. The van der Waals surface area contributed by atoms with E-state index in [0.29, 0.717) is 12.6 Å². The average Bonchev–Trinajstić information content (AvgIpc) is 3.26. The highest BCUT2D eigenvalue weighted by atomic mass is 32.1. The van der Waals surface area contributed by atoms with Gasteiger partial charge in [-0.2, -0.15) is 0 Å². The monoisotopic (exact) mass is 391 g/mol. The summed E-state index contributed by atoms with van der Waals surface area (Å²) >= 11 is 3.21. The second-order valence-electron chi connectivity index (χ2n) is 6.67. The van der Waals surface area contributed by atoms with Crippen molar-refractivity contribution in [3.05, 3.63) is 71.4 Å². The molecule has 0 atom stereocenters. The quantitative estimate of drug-likeness (QED) is 0.468. The number of aromatic nitrogens is 2. The maximum atomic E-state index is 13.2. The SMILES string of the molecule is O=C(c1ccc(-c2nc3ccccc3s2)s1)N(Cc1ccncc1)C1CC1. The van der Waals surface area contributed by atoms with E-state index in [4.69, 9.17) is 4.98 Å². The fourth-order valence-electron chi connectivity index (χ4n) is 3.12. The zero-order valence-corrected chi connectivity index (χ0v) is 16.2. The van der Waals surface area contributed by atoms with Crippen molar-refractivity contribution in [3.63, 3.8) is 0 Å². The molecule has 0 aliphatic heterocycles. The van der Waals surface area contributed by atoms with Crippen LogP contribution in [0.15, 0.2) is 60.9 Å². The van der Waals surface area contributed by atoms with Gasteiger partial charge in [0.2, 0.25) is 0 Å². The fraction of sp³-hybridized carbons (Fsp3) is 0.190. The van der Waals surface area contributed by atoms with Crippen LogP contribution >= 0.6 is 22.7 Å². The zero-order valence-electron chi connectivity index (χ0n) is 14.5. The maximum absolute atomic E-state index is 13.2. The van der Waals surface area contributed by atoms with E-state index < -0.39 is 0 Å². The van der Waals surface area contributed by atoms with E-state index in [1.54, 1.807) is 23.7 Å². The number of nitrogens with zero attached hydrogens (tertiary/aromatic N) is 3. The zero-order chi connectivity index (χ0) is 18.2. The van der Waals surface area contributed by atoms with Crippen molar-refractivity contribution in [2.24, 2.45) is 0 Å². The van der Waals surface area contributed by atoms with Gasteiger partial charge in [0.25, 0.3) is 5.91 Å². The summed E-state index contributed by atoms with van der Waals surface area (Å²) in [4.78, 5) is 25.8. The summed E-state index contributed by atoms with van der Waals surface area (Å²) in [5, 5.41) is 0.979. The number of thiophene rings is 1. The molecule has 0 bridgehead atoms. The van der Waals surface area contributed by atoms with E-state index in [1.165, 1.54) is 16.0 Å². The van der Waals surface area contributed by atoms with Gasteiger partial charge in [0.1, 0.15) is 5.01 Å². The molecule has 27 heavy (non-hydrogen) atoms. The number of carbonyl (C=O) groups excluding carboxylic acids is 1. The van der Waals surface area contributed by atoms with Crippen LogP contribution in [0.25, 0.3) is 20.1 Å². The van der Waals surface area contributed by atoms with Gasteiger partial charge in [-0.1, -0.05) is 12.1 Å². The lowest BCUT2D eigenvalue weighted by atomic mass is 10.2. The molecule has 5 rings (SSSR count). The molecule has 1 saturated carbocycles. The Labute approximate surface area is 165 Å². The molecule has 1 aliphatic carbocycles. The summed E-state index contributed by atoms with van der Waals surface area (Å²) in [6.07, 6.45) is 5.74. The number of hydrogen-bond donors (Lipinski definition) is 0. The molecule has 0 N–H and O–H groups in total. The Morgan fingerprint density at radius 1 is 1.04 bits per heavy atom. The Morgan fingerprint density at radius 3 is 2.63 bits per heavy atom. The molecule has 3 aromatic heterocycles. The van der Waals surface area contributed by atoms with Crippen LogP contribution in [0.2, 0.25) is 0 Å². The Balaban J connectivity index is 1.41. The van der Waals surface area contributed by atoms with E-state index in [-0.39, 0.29) is 5.91 Å². The number of thiazole rings is 1. The van der Waals surface area contributed by atoms with Crippen molar-refractivity contribution in [1.82, 2.24) is 14.9 Å². The fourth-order valence-corrected chi connectivity index (χ4v) is 5.11. The van der Waals surface area contributed by atoms with Gasteiger partial charge in [-0.15, -0.1) is 22.7 Å². The topological polar surface area (TPSA) is 46.1 Å². The molecular formula is C21H17N3OS2. The van der Waals surface area contributed by atoms with Crippen molar-refractivity contribution in [1.29, 1.82) is 0 Å². The van der Waals surface area contributed by atoms with Gasteiger partial charge in [-0.3, -0.25) is 9.78 Å². The average molecular weight is 392 g/mol. The molecule has 4 nitrogen and oxygen atoms in total. The van der Waals surface area contributed by atoms with Gasteiger partial charge in [0, 0.05) is 25.0 Å². The molecule has 1 fully saturated rings. The smallest absolute Gasteiger partial charge is 0.264 e. The van der Waals surface area contributed by atoms with Gasteiger partial charge in [-0.05, 0) is 54.8 Å². The molecule has 1 aromatic carbocycles. The van der Waals surface area contributed by atoms with E-state index >= 15 is 0 Å². The van der Waals surface area contributed by atoms with Crippen LogP contribution in [0.3, 0.4) is 0 Å². The Bertz CT molecular complexity index is 1070. The van der Waals surface area contributed by atoms with E-state index in [2.05, 4.69) is 11.1 Å². The third kappa shape index (κ3) is 3.38. The first kappa shape index (κ1) is 16.6. The summed E-state index contributed by atoms with van der Waals surface area (Å²) in [6.45, 7) is 0.639. The largest absolute Gasteiger partial charge is 0.331 e. The molecule has 3 heterocycles. The molecule has 1 amide bonds. The molecule has 1 aliphatic rings. The standard InChI is InChI=1S/C21H17N3OS2/c25-21(24(15-5-6-15)13-14-9-11-22-12-10-14)19-8-7-18(26-19)20-23-16-3-1-2-4-17(16)27-20/h1-4,7-12,15H,5-6,13H2. The van der Waals surface area contributed by atoms with Gasteiger partial charge in [-0.25, -0.2) is 4.98 Å². The van der Waals surface area contributed by atoms with Gasteiger partial charge >= 0.3 is 0 Å². The number of amides is 1. The first-order chi connectivity index (χ1) is 13.3. The van der Waals surface area contributed by atoms with Crippen LogP contribution in [0.5, 0.6) is 0 Å². The van der Waals surface area contributed by atoms with Crippen molar-refractivity contribution >= 4 is 38.8 Å². The number of hydrogen-bond acceptors (Lipinski definition) is 5. The minimum atomic E-state index is 0.117. The number of rotatable bonds is 5. The Hall–Kier alpha value is -2.57. The molecule has 6 heteroatoms. The first-order valence-electron chi connectivity index (χ1n) is 8.93. The molecule has 4 aromatic rings. The third-order valence-corrected chi connectivity index (χ3v) is 6.95. The van der Waals surface area contributed by atoms with Crippen LogP contribution < -0.4 is 0 Å². The second-order valence-corrected chi connectivity index (χ2v) is 8.78. The lowest BCUT2D eigenvalue weighted by molar-refractivity contribution is 0.0735. The van der Waals surface area contributed by atoms with Crippen molar-refractivity contribution < 1.29 is 4.79 Å². The van der Waals surface area contributed by atoms with E-state index in [0.717, 1.165) is 38.7 Å². The highest BCUT2D eigenvalue weighted by Crippen LogP contribution is 2.36. The summed E-state index contributed by atoms with van der Waals surface area (Å²) in [5.41, 5.74) is 2.13. The molecular weight excluding hydrogens is 374 g/mol. The highest BCUT2D eigenvalue weighted by molar-refractivity contribution is 7.26. The molecule has 0 spiro atoms. The summed E-state index contributed by atoms with van der Waals surface area (Å²) in [6, 6.07) is 16.4. The molecule has 0 saturated heterocycles. The third-order valence-electron chi connectivity index (χ3n) is 4.67. The number of para-hydroxylation sites is 1. The predicted molar refractivity (Wildman–Crippen MR) is 110 cm³/mol. The van der Waals surface area contributed by atoms with Crippen molar-refractivity contribution in [3.8, 4) is 9.88 Å². The van der Waals surface area contributed by atoms with Crippen LogP contribution in [-0.4, -0.2) is 26.8 Å². The van der Waals surface area contributed by atoms with E-state index in [9.17, 15) is 4.79 Å². The molecule has 0 unspecified atom stereocenters. The van der Waals surface area contributed by atoms with Crippen molar-refractivity contribution in [2.75, 3.05) is 0 Å². The summed E-state index contributed by atoms with van der Waals surface area (Å²) in [5.74, 6) is 0.117. The van der Waals surface area contributed by atoms with Crippen LogP contribution in [0, 0.1) is 0 Å². The van der Waals surface area contributed by atoms with Crippen LogP contribution in [0.4, 0.5) is 0 Å². The maximum Gasteiger partial charge on any atom is 0.264 e. The molecule has 0 radical (unpaired) electrons. The van der Waals surface area contributed by atoms with Gasteiger partial charge < -0.3 is 4.90 Å². The molecule has 134 valence electrons. The van der Waals surface area contributed by atoms with Crippen molar-refractivity contribution in [2.45, 2.75) is 25.4 Å². The van der Waals surface area contributed by atoms with Gasteiger partial charge in [0.15, 0.2) is 0 Å². The van der Waals surface area contributed by atoms with Gasteiger partial charge in [0.05, 0.1) is 20.0 Å².